The number of anilines is 3. The Balaban J connectivity index is 1.32. The third-order valence-electron chi connectivity index (χ3n) is 10.1. The second-order valence-corrected chi connectivity index (χ2v) is 12.9. The molecule has 10 rings (SSSR count). The Hall–Kier alpha value is -6.64. The molecule has 0 saturated carbocycles. The molecule has 0 aliphatic carbocycles. The molecule has 234 valence electrons. The lowest BCUT2D eigenvalue weighted by Crippen LogP contribution is -2.12. The van der Waals surface area contributed by atoms with E-state index in [0.717, 1.165) is 22.7 Å². The van der Waals surface area contributed by atoms with Gasteiger partial charge in [-0.05, 0) is 81.0 Å². The molecular formula is C48H32N2. The highest BCUT2D eigenvalue weighted by Crippen LogP contribution is 2.47. The number of hydrogen-bond acceptors (Lipinski definition) is 1. The molecule has 0 radical (unpaired) electrons. The predicted molar refractivity (Wildman–Crippen MR) is 213 cm³/mol. The first-order valence-electron chi connectivity index (χ1n) is 17.2. The van der Waals surface area contributed by atoms with Crippen molar-refractivity contribution >= 4 is 71.2 Å². The molecule has 1 heterocycles. The molecule has 0 aliphatic heterocycles. The van der Waals surface area contributed by atoms with Gasteiger partial charge in [0.1, 0.15) is 0 Å². The molecule has 0 fully saturated rings. The zero-order valence-corrected chi connectivity index (χ0v) is 27.4. The lowest BCUT2D eigenvalue weighted by molar-refractivity contribution is 1.18. The molecule has 0 bridgehead atoms. The number of rotatable bonds is 5. The van der Waals surface area contributed by atoms with Crippen molar-refractivity contribution in [2.75, 3.05) is 4.90 Å². The molecule has 0 N–H and O–H groups in total. The van der Waals surface area contributed by atoms with Crippen LogP contribution in [0.2, 0.25) is 0 Å². The maximum atomic E-state index is 2.49. The number of benzene rings is 9. The van der Waals surface area contributed by atoms with Crippen molar-refractivity contribution in [3.8, 4) is 16.8 Å². The van der Waals surface area contributed by atoms with Gasteiger partial charge in [0.05, 0.1) is 22.4 Å². The van der Waals surface area contributed by atoms with E-state index in [9.17, 15) is 0 Å². The topological polar surface area (TPSA) is 8.17 Å². The van der Waals surface area contributed by atoms with E-state index in [1.807, 2.05) is 0 Å². The molecule has 50 heavy (non-hydrogen) atoms. The molecule has 9 aromatic carbocycles. The minimum Gasteiger partial charge on any atom is -0.309 e. The zero-order valence-electron chi connectivity index (χ0n) is 27.4. The molecule has 2 heteroatoms. The van der Waals surface area contributed by atoms with Crippen LogP contribution in [0.25, 0.3) is 70.9 Å². The summed E-state index contributed by atoms with van der Waals surface area (Å²) >= 11 is 0. The summed E-state index contributed by atoms with van der Waals surface area (Å²) in [5.74, 6) is 0. The third-order valence-corrected chi connectivity index (χ3v) is 10.1. The van der Waals surface area contributed by atoms with Gasteiger partial charge in [-0.15, -0.1) is 0 Å². The van der Waals surface area contributed by atoms with Crippen molar-refractivity contribution in [1.29, 1.82) is 0 Å². The fraction of sp³-hybridized carbons (Fsp3) is 0. The minimum absolute atomic E-state index is 1.11. The van der Waals surface area contributed by atoms with Crippen LogP contribution >= 0.6 is 0 Å². The fourth-order valence-corrected chi connectivity index (χ4v) is 7.92. The van der Waals surface area contributed by atoms with E-state index in [1.54, 1.807) is 0 Å². The molecule has 0 aliphatic rings. The molecule has 0 amide bonds. The number of hydrogen-bond donors (Lipinski definition) is 0. The normalized spacial score (nSPS) is 11.6. The Morgan fingerprint density at radius 1 is 0.340 bits per heavy atom. The van der Waals surface area contributed by atoms with E-state index in [0.29, 0.717) is 0 Å². The van der Waals surface area contributed by atoms with Crippen molar-refractivity contribution in [3.63, 3.8) is 0 Å². The van der Waals surface area contributed by atoms with Crippen molar-refractivity contribution < 1.29 is 0 Å². The van der Waals surface area contributed by atoms with Crippen LogP contribution in [0.3, 0.4) is 0 Å². The summed E-state index contributed by atoms with van der Waals surface area (Å²) < 4.78 is 2.38. The summed E-state index contributed by atoms with van der Waals surface area (Å²) in [6.07, 6.45) is 0. The van der Waals surface area contributed by atoms with Gasteiger partial charge >= 0.3 is 0 Å². The lowest BCUT2D eigenvalue weighted by Gasteiger charge is -2.30. The van der Waals surface area contributed by atoms with Gasteiger partial charge in [-0.3, -0.25) is 0 Å². The molecule has 10 aromatic rings. The summed E-state index contributed by atoms with van der Waals surface area (Å²) in [7, 11) is 0. The van der Waals surface area contributed by atoms with Crippen LogP contribution in [0.1, 0.15) is 0 Å². The Bertz CT molecular complexity index is 2870. The average Bonchev–Trinajstić information content (AvgIpc) is 3.52. The Kier molecular flexibility index (Phi) is 6.53. The molecule has 0 saturated heterocycles. The van der Waals surface area contributed by atoms with Crippen molar-refractivity contribution in [1.82, 2.24) is 4.57 Å². The van der Waals surface area contributed by atoms with Crippen molar-refractivity contribution in [2.45, 2.75) is 0 Å². The van der Waals surface area contributed by atoms with Crippen LogP contribution in [0, 0.1) is 0 Å². The summed E-state index contributed by atoms with van der Waals surface area (Å²) in [6.45, 7) is 0. The van der Waals surface area contributed by atoms with E-state index in [-0.39, 0.29) is 0 Å². The summed E-state index contributed by atoms with van der Waals surface area (Å²) in [5, 5.41) is 9.93. The van der Waals surface area contributed by atoms with E-state index < -0.39 is 0 Å². The van der Waals surface area contributed by atoms with Gasteiger partial charge in [-0.1, -0.05) is 146 Å². The molecule has 1 aromatic heterocycles. The molecular weight excluding hydrogens is 605 g/mol. The Morgan fingerprint density at radius 3 is 1.80 bits per heavy atom. The summed E-state index contributed by atoms with van der Waals surface area (Å²) in [4.78, 5) is 2.49. The second kappa shape index (κ2) is 11.5. The molecule has 0 atom stereocenters. The van der Waals surface area contributed by atoms with Gasteiger partial charge in [0.2, 0.25) is 0 Å². The Morgan fingerprint density at radius 2 is 0.960 bits per heavy atom. The van der Waals surface area contributed by atoms with Gasteiger partial charge in [-0.2, -0.15) is 0 Å². The minimum atomic E-state index is 1.11. The second-order valence-electron chi connectivity index (χ2n) is 12.9. The number of nitrogens with zero attached hydrogens (tertiary/aromatic N) is 2. The van der Waals surface area contributed by atoms with Gasteiger partial charge < -0.3 is 9.47 Å². The maximum Gasteiger partial charge on any atom is 0.0546 e. The number of fused-ring (bicyclic) bond motifs is 8. The van der Waals surface area contributed by atoms with E-state index in [4.69, 9.17) is 0 Å². The molecule has 0 unspecified atom stereocenters. The van der Waals surface area contributed by atoms with E-state index >= 15 is 0 Å². The van der Waals surface area contributed by atoms with Crippen LogP contribution in [0.15, 0.2) is 194 Å². The monoisotopic (exact) mass is 636 g/mol. The van der Waals surface area contributed by atoms with Crippen LogP contribution in [0.5, 0.6) is 0 Å². The van der Waals surface area contributed by atoms with Crippen LogP contribution < -0.4 is 4.90 Å². The van der Waals surface area contributed by atoms with Crippen LogP contribution in [-0.4, -0.2) is 4.57 Å². The smallest absolute Gasteiger partial charge is 0.0546 e. The number of aromatic nitrogens is 1. The average molecular weight is 637 g/mol. The van der Waals surface area contributed by atoms with Crippen molar-refractivity contribution in [3.05, 3.63) is 194 Å². The highest BCUT2D eigenvalue weighted by Gasteiger charge is 2.22. The first kappa shape index (κ1) is 28.4. The SMILES string of the molecule is c1ccc(-c2ccccc2N(c2ccc3c(c2)c2ccccc2n3-c2ccccc2)c2cc3c4ccccc4ccc3c3ccccc23)cc1. The summed E-state index contributed by atoms with van der Waals surface area (Å²) in [6, 6.07) is 70.6. The van der Waals surface area contributed by atoms with E-state index in [1.165, 1.54) is 65.3 Å². The first-order chi connectivity index (χ1) is 24.8. The fourth-order valence-electron chi connectivity index (χ4n) is 7.92. The standard InChI is InChI=1S/C48H32N2/c1-3-15-33(16-4-1)38-21-11-13-25-45(38)50(48-32-43-37-20-8-7-17-34(37)27-29-40(43)39-22-9-10-23-41(39)48)36-28-30-47-44(31-36)42-24-12-14-26-46(42)49(47)35-18-5-2-6-19-35/h1-32H. The third kappa shape index (κ3) is 4.43. The Labute approximate surface area is 290 Å². The van der Waals surface area contributed by atoms with E-state index in [2.05, 4.69) is 204 Å². The maximum absolute atomic E-state index is 2.49. The highest BCUT2D eigenvalue weighted by molar-refractivity contribution is 6.22. The lowest BCUT2D eigenvalue weighted by atomic mass is 9.94. The largest absolute Gasteiger partial charge is 0.309 e. The quantitative estimate of drug-likeness (QED) is 0.171. The predicted octanol–water partition coefficient (Wildman–Crippen LogP) is 13.4. The van der Waals surface area contributed by atoms with Crippen LogP contribution in [0.4, 0.5) is 17.1 Å². The van der Waals surface area contributed by atoms with Gasteiger partial charge in [-0.25, -0.2) is 0 Å². The zero-order chi connectivity index (χ0) is 33.0. The van der Waals surface area contributed by atoms with Gasteiger partial charge in [0, 0.05) is 33.1 Å². The molecule has 0 spiro atoms. The first-order valence-corrected chi connectivity index (χ1v) is 17.2. The van der Waals surface area contributed by atoms with Gasteiger partial charge in [0.25, 0.3) is 0 Å². The van der Waals surface area contributed by atoms with Crippen molar-refractivity contribution in [2.24, 2.45) is 0 Å². The summed E-state index contributed by atoms with van der Waals surface area (Å²) in [5.41, 5.74) is 9.31. The van der Waals surface area contributed by atoms with Gasteiger partial charge in [0.15, 0.2) is 0 Å². The van der Waals surface area contributed by atoms with Crippen LogP contribution in [-0.2, 0) is 0 Å². The highest BCUT2D eigenvalue weighted by atomic mass is 15.1. The molecule has 2 nitrogen and oxygen atoms in total. The number of para-hydroxylation sites is 3.